The molecule has 0 spiro atoms. The number of imidazole rings is 1. The summed E-state index contributed by atoms with van der Waals surface area (Å²) in [7, 11) is 1.44. The van der Waals surface area contributed by atoms with Gasteiger partial charge < -0.3 is 9.57 Å². The SMILES string of the molecule is C=Cc1c(/C(Cl)=N/OC)nc(SC)n1COCc1ccccc1. The lowest BCUT2D eigenvalue weighted by atomic mass is 10.2. The molecule has 0 radical (unpaired) electrons. The van der Waals surface area contributed by atoms with Gasteiger partial charge in [-0.3, -0.25) is 4.57 Å². The minimum Gasteiger partial charge on any atom is -0.398 e. The van der Waals surface area contributed by atoms with E-state index in [4.69, 9.17) is 21.2 Å². The maximum Gasteiger partial charge on any atom is 0.196 e. The van der Waals surface area contributed by atoms with Crippen molar-refractivity contribution in [1.29, 1.82) is 0 Å². The molecule has 7 heteroatoms. The largest absolute Gasteiger partial charge is 0.398 e. The second-order valence-electron chi connectivity index (χ2n) is 4.49. The van der Waals surface area contributed by atoms with Crippen molar-refractivity contribution in [2.75, 3.05) is 13.4 Å². The Balaban J connectivity index is 2.19. The van der Waals surface area contributed by atoms with Crippen LogP contribution in [0.5, 0.6) is 0 Å². The minimum atomic E-state index is 0.180. The number of hydrogen-bond acceptors (Lipinski definition) is 5. The van der Waals surface area contributed by atoms with Gasteiger partial charge in [-0.05, 0) is 17.9 Å². The summed E-state index contributed by atoms with van der Waals surface area (Å²) in [5, 5.41) is 4.68. The fraction of sp³-hybridized carbons (Fsp3) is 0.250. The van der Waals surface area contributed by atoms with E-state index < -0.39 is 0 Å². The normalized spacial score (nSPS) is 11.5. The van der Waals surface area contributed by atoms with Gasteiger partial charge in [-0.2, -0.15) is 0 Å². The van der Waals surface area contributed by atoms with Crippen LogP contribution in [0.15, 0.2) is 47.2 Å². The Morgan fingerprint density at radius 2 is 2.17 bits per heavy atom. The summed E-state index contributed by atoms with van der Waals surface area (Å²) in [6, 6.07) is 9.98. The molecular formula is C16H18ClN3O2S. The molecule has 1 aromatic heterocycles. The van der Waals surface area contributed by atoms with E-state index in [0.717, 1.165) is 16.4 Å². The van der Waals surface area contributed by atoms with Gasteiger partial charge >= 0.3 is 0 Å². The molecule has 122 valence electrons. The Hall–Kier alpha value is -1.76. The van der Waals surface area contributed by atoms with E-state index in [1.165, 1.54) is 18.9 Å². The topological polar surface area (TPSA) is 48.6 Å². The van der Waals surface area contributed by atoms with Gasteiger partial charge in [0.2, 0.25) is 0 Å². The van der Waals surface area contributed by atoms with Crippen molar-refractivity contribution < 1.29 is 9.57 Å². The number of thioether (sulfide) groups is 1. The van der Waals surface area contributed by atoms with Crippen LogP contribution in [-0.2, 0) is 22.9 Å². The van der Waals surface area contributed by atoms with E-state index in [2.05, 4.69) is 16.7 Å². The summed E-state index contributed by atoms with van der Waals surface area (Å²) in [5.41, 5.74) is 2.38. The Morgan fingerprint density at radius 1 is 1.43 bits per heavy atom. The lowest BCUT2D eigenvalue weighted by Gasteiger charge is -2.10. The van der Waals surface area contributed by atoms with Crippen molar-refractivity contribution >= 4 is 34.6 Å². The number of benzene rings is 1. The lowest BCUT2D eigenvalue weighted by Crippen LogP contribution is -2.07. The van der Waals surface area contributed by atoms with E-state index in [1.54, 1.807) is 6.08 Å². The van der Waals surface area contributed by atoms with Gasteiger partial charge in [-0.15, -0.1) is 0 Å². The number of halogens is 1. The van der Waals surface area contributed by atoms with Crippen molar-refractivity contribution in [3.8, 4) is 0 Å². The van der Waals surface area contributed by atoms with Gasteiger partial charge in [0.1, 0.15) is 19.5 Å². The summed E-state index contributed by atoms with van der Waals surface area (Å²) in [4.78, 5) is 9.19. The molecule has 2 rings (SSSR count). The molecule has 0 aliphatic heterocycles. The van der Waals surface area contributed by atoms with Crippen molar-refractivity contribution in [3.05, 3.63) is 53.9 Å². The molecule has 0 aliphatic rings. The Labute approximate surface area is 144 Å². The zero-order chi connectivity index (χ0) is 16.7. The fourth-order valence-corrected chi connectivity index (χ4v) is 2.80. The Kier molecular flexibility index (Phi) is 6.70. The molecule has 0 aliphatic carbocycles. The van der Waals surface area contributed by atoms with Gasteiger partial charge in [0.05, 0.1) is 12.3 Å². The van der Waals surface area contributed by atoms with E-state index >= 15 is 0 Å². The minimum absolute atomic E-state index is 0.180. The molecule has 5 nitrogen and oxygen atoms in total. The third-order valence-electron chi connectivity index (χ3n) is 3.05. The molecule has 0 bridgehead atoms. The third kappa shape index (κ3) is 4.37. The first-order chi connectivity index (χ1) is 11.2. The van der Waals surface area contributed by atoms with Crippen LogP contribution < -0.4 is 0 Å². The molecular weight excluding hydrogens is 334 g/mol. The molecule has 0 saturated carbocycles. The Bertz CT molecular complexity index is 686. The van der Waals surface area contributed by atoms with Crippen LogP contribution in [0.3, 0.4) is 0 Å². The molecule has 0 amide bonds. The average molecular weight is 352 g/mol. The van der Waals surface area contributed by atoms with Gasteiger partial charge in [-0.25, -0.2) is 4.98 Å². The first kappa shape index (κ1) is 17.6. The Morgan fingerprint density at radius 3 is 2.78 bits per heavy atom. The molecule has 0 saturated heterocycles. The van der Waals surface area contributed by atoms with E-state index in [0.29, 0.717) is 19.0 Å². The molecule has 1 heterocycles. The maximum absolute atomic E-state index is 6.11. The standard InChI is InChI=1S/C16H18ClN3O2S/c1-4-13-14(15(17)19-21-2)18-16(23-3)20(13)11-22-10-12-8-6-5-7-9-12/h4-9H,1,10-11H2,2-3H3/b19-15-. The van der Waals surface area contributed by atoms with E-state index in [1.807, 2.05) is 41.2 Å². The van der Waals surface area contributed by atoms with Crippen molar-refractivity contribution in [3.63, 3.8) is 0 Å². The highest BCUT2D eigenvalue weighted by Gasteiger charge is 2.18. The van der Waals surface area contributed by atoms with E-state index in [9.17, 15) is 0 Å². The van der Waals surface area contributed by atoms with Gasteiger partial charge in [-0.1, -0.05) is 65.4 Å². The van der Waals surface area contributed by atoms with Gasteiger partial charge in [0.25, 0.3) is 0 Å². The highest BCUT2D eigenvalue weighted by Crippen LogP contribution is 2.23. The van der Waals surface area contributed by atoms with Crippen LogP contribution in [0.4, 0.5) is 0 Å². The number of hydrogen-bond donors (Lipinski definition) is 0. The summed E-state index contributed by atoms with van der Waals surface area (Å²) in [6.45, 7) is 4.68. The molecule has 0 N–H and O–H groups in total. The summed E-state index contributed by atoms with van der Waals surface area (Å²) in [6.07, 6.45) is 3.62. The third-order valence-corrected chi connectivity index (χ3v) is 3.97. The van der Waals surface area contributed by atoms with Crippen LogP contribution in [0.1, 0.15) is 17.0 Å². The summed E-state index contributed by atoms with van der Waals surface area (Å²) in [5.74, 6) is 0. The zero-order valence-corrected chi connectivity index (χ0v) is 14.6. The molecule has 0 unspecified atom stereocenters. The van der Waals surface area contributed by atoms with Crippen LogP contribution in [-0.4, -0.2) is 28.1 Å². The molecule has 0 fully saturated rings. The van der Waals surface area contributed by atoms with Gasteiger partial charge in [0, 0.05) is 0 Å². The van der Waals surface area contributed by atoms with Crippen molar-refractivity contribution in [2.45, 2.75) is 18.5 Å². The fourth-order valence-electron chi connectivity index (χ4n) is 2.04. The number of nitrogens with zero attached hydrogens (tertiary/aromatic N) is 3. The summed E-state index contributed by atoms with van der Waals surface area (Å²) >= 11 is 7.61. The second kappa shape index (κ2) is 8.76. The lowest BCUT2D eigenvalue weighted by molar-refractivity contribution is 0.0583. The van der Waals surface area contributed by atoms with Crippen LogP contribution in [0.25, 0.3) is 6.08 Å². The number of oxime groups is 1. The van der Waals surface area contributed by atoms with Gasteiger partial charge in [0.15, 0.2) is 10.3 Å². The molecule has 23 heavy (non-hydrogen) atoms. The number of ether oxygens (including phenoxy) is 1. The van der Waals surface area contributed by atoms with Crippen LogP contribution >= 0.6 is 23.4 Å². The predicted molar refractivity (Wildman–Crippen MR) is 94.7 cm³/mol. The van der Waals surface area contributed by atoms with Crippen LogP contribution in [0.2, 0.25) is 0 Å². The predicted octanol–water partition coefficient (Wildman–Crippen LogP) is 3.97. The number of rotatable bonds is 8. The average Bonchev–Trinajstić information content (AvgIpc) is 2.94. The quantitative estimate of drug-likeness (QED) is 0.410. The summed E-state index contributed by atoms with van der Waals surface area (Å²) < 4.78 is 7.70. The van der Waals surface area contributed by atoms with Crippen molar-refractivity contribution in [2.24, 2.45) is 5.16 Å². The zero-order valence-electron chi connectivity index (χ0n) is 13.0. The molecule has 1 aromatic carbocycles. The van der Waals surface area contributed by atoms with E-state index in [-0.39, 0.29) is 5.17 Å². The molecule has 2 aromatic rings. The smallest absolute Gasteiger partial charge is 0.196 e. The van der Waals surface area contributed by atoms with Crippen LogP contribution in [0, 0.1) is 0 Å². The maximum atomic E-state index is 6.11. The first-order valence-electron chi connectivity index (χ1n) is 6.86. The highest BCUT2D eigenvalue weighted by molar-refractivity contribution is 7.98. The highest BCUT2D eigenvalue weighted by atomic mass is 35.5. The molecule has 0 atom stereocenters. The number of aromatic nitrogens is 2. The monoisotopic (exact) mass is 351 g/mol. The first-order valence-corrected chi connectivity index (χ1v) is 8.47. The van der Waals surface area contributed by atoms with Crippen molar-refractivity contribution in [1.82, 2.24) is 9.55 Å². The second-order valence-corrected chi connectivity index (χ2v) is 5.62.